The summed E-state index contributed by atoms with van der Waals surface area (Å²) in [7, 11) is 1.43. The number of nitrogens with zero attached hydrogens (tertiary/aromatic N) is 1. The predicted octanol–water partition coefficient (Wildman–Crippen LogP) is 1.30. The lowest BCUT2D eigenvalue weighted by atomic mass is 10.1. The molecule has 0 spiro atoms. The summed E-state index contributed by atoms with van der Waals surface area (Å²) in [5.41, 5.74) is 1.04. The number of carbonyl (C=O) groups excluding carboxylic acids is 3. The van der Waals surface area contributed by atoms with E-state index in [1.807, 2.05) is 6.92 Å². The molecule has 18 heavy (non-hydrogen) atoms. The van der Waals surface area contributed by atoms with E-state index in [1.165, 1.54) is 19.2 Å². The highest BCUT2D eigenvalue weighted by Gasteiger charge is 2.33. The van der Waals surface area contributed by atoms with E-state index in [0.717, 1.165) is 4.90 Å². The number of carbonyl (C=O) groups is 3. The summed E-state index contributed by atoms with van der Waals surface area (Å²) >= 11 is 0. The van der Waals surface area contributed by atoms with E-state index in [0.29, 0.717) is 23.2 Å². The summed E-state index contributed by atoms with van der Waals surface area (Å²) in [4.78, 5) is 36.0. The van der Waals surface area contributed by atoms with Crippen molar-refractivity contribution in [1.82, 2.24) is 10.2 Å². The van der Waals surface area contributed by atoms with Gasteiger partial charge in [-0.05, 0) is 25.1 Å². The average molecular weight is 248 g/mol. The second-order valence-electron chi connectivity index (χ2n) is 3.79. The molecule has 0 aliphatic carbocycles. The maximum atomic E-state index is 11.7. The minimum Gasteiger partial charge on any atom is -0.352 e. The number of imide groups is 1. The SMILES string of the molecule is C.CCNC(=O)c1ccc2c(c1)C(=O)N(C)C2=O. The van der Waals surface area contributed by atoms with Crippen molar-refractivity contribution >= 4 is 17.7 Å². The van der Waals surface area contributed by atoms with Gasteiger partial charge < -0.3 is 5.32 Å². The average Bonchev–Trinajstić information content (AvgIpc) is 2.55. The number of benzene rings is 1. The van der Waals surface area contributed by atoms with E-state index in [1.54, 1.807) is 6.07 Å². The highest BCUT2D eigenvalue weighted by atomic mass is 16.2. The fourth-order valence-electron chi connectivity index (χ4n) is 1.77. The zero-order valence-corrected chi connectivity index (χ0v) is 9.61. The Kier molecular flexibility index (Phi) is 3.86. The zero-order valence-electron chi connectivity index (χ0n) is 9.61. The summed E-state index contributed by atoms with van der Waals surface area (Å²) in [6.07, 6.45) is 0. The molecule has 1 aliphatic heterocycles. The Morgan fingerprint density at radius 1 is 1.22 bits per heavy atom. The van der Waals surface area contributed by atoms with Gasteiger partial charge in [0.1, 0.15) is 0 Å². The van der Waals surface area contributed by atoms with Crippen molar-refractivity contribution in [1.29, 1.82) is 0 Å². The predicted molar refractivity (Wildman–Crippen MR) is 67.6 cm³/mol. The Bertz CT molecular complexity index is 523. The number of nitrogens with one attached hydrogen (secondary N) is 1. The van der Waals surface area contributed by atoms with E-state index in [2.05, 4.69) is 5.32 Å². The van der Waals surface area contributed by atoms with Crippen LogP contribution >= 0.6 is 0 Å². The van der Waals surface area contributed by atoms with Crippen molar-refractivity contribution in [2.45, 2.75) is 14.4 Å². The van der Waals surface area contributed by atoms with Gasteiger partial charge in [0, 0.05) is 19.2 Å². The van der Waals surface area contributed by atoms with Gasteiger partial charge in [0.05, 0.1) is 11.1 Å². The molecule has 1 aromatic carbocycles. The number of fused-ring (bicyclic) bond motifs is 1. The van der Waals surface area contributed by atoms with Crippen LogP contribution in [0.3, 0.4) is 0 Å². The van der Waals surface area contributed by atoms with E-state index < -0.39 is 0 Å². The molecule has 1 heterocycles. The molecule has 0 radical (unpaired) electrons. The van der Waals surface area contributed by atoms with E-state index in [4.69, 9.17) is 0 Å². The lowest BCUT2D eigenvalue weighted by molar-refractivity contribution is 0.0693. The Morgan fingerprint density at radius 3 is 2.44 bits per heavy atom. The van der Waals surface area contributed by atoms with Crippen LogP contribution in [0.5, 0.6) is 0 Å². The van der Waals surface area contributed by atoms with Crippen molar-refractivity contribution in [2.24, 2.45) is 0 Å². The third-order valence-electron chi connectivity index (χ3n) is 2.69. The van der Waals surface area contributed by atoms with E-state index in [9.17, 15) is 14.4 Å². The molecule has 0 unspecified atom stereocenters. The van der Waals surface area contributed by atoms with Crippen molar-refractivity contribution in [3.8, 4) is 0 Å². The summed E-state index contributed by atoms with van der Waals surface area (Å²) in [6, 6.07) is 4.53. The molecule has 3 amide bonds. The highest BCUT2D eigenvalue weighted by Crippen LogP contribution is 2.22. The van der Waals surface area contributed by atoms with E-state index >= 15 is 0 Å². The first kappa shape index (κ1) is 13.9. The molecule has 0 fully saturated rings. The number of hydrogen-bond donors (Lipinski definition) is 1. The van der Waals surface area contributed by atoms with Crippen LogP contribution in [0.4, 0.5) is 0 Å². The molecule has 5 heteroatoms. The molecule has 2 rings (SSSR count). The monoisotopic (exact) mass is 248 g/mol. The van der Waals surface area contributed by atoms with Crippen molar-refractivity contribution in [3.05, 3.63) is 34.9 Å². The molecule has 1 aromatic rings. The quantitative estimate of drug-likeness (QED) is 0.802. The molecule has 0 aromatic heterocycles. The maximum Gasteiger partial charge on any atom is 0.261 e. The molecule has 0 saturated heterocycles. The minimum atomic E-state index is -0.365. The van der Waals surface area contributed by atoms with Gasteiger partial charge in [0.2, 0.25) is 0 Å². The fourth-order valence-corrected chi connectivity index (χ4v) is 1.77. The smallest absolute Gasteiger partial charge is 0.261 e. The molecular formula is C13H16N2O3. The number of amides is 3. The van der Waals surface area contributed by atoms with Gasteiger partial charge >= 0.3 is 0 Å². The third kappa shape index (κ3) is 1.99. The Hall–Kier alpha value is -2.17. The van der Waals surface area contributed by atoms with Crippen LogP contribution in [-0.2, 0) is 0 Å². The summed E-state index contributed by atoms with van der Waals surface area (Å²) in [6.45, 7) is 2.33. The lowest BCUT2D eigenvalue weighted by Crippen LogP contribution is -2.24. The Morgan fingerprint density at radius 2 is 1.83 bits per heavy atom. The van der Waals surface area contributed by atoms with Crippen molar-refractivity contribution < 1.29 is 14.4 Å². The number of hydrogen-bond acceptors (Lipinski definition) is 3. The van der Waals surface area contributed by atoms with Crippen LogP contribution in [0.2, 0.25) is 0 Å². The lowest BCUT2D eigenvalue weighted by Gasteiger charge is -2.03. The fraction of sp³-hybridized carbons (Fsp3) is 0.308. The van der Waals surface area contributed by atoms with Gasteiger partial charge in [-0.25, -0.2) is 0 Å². The second-order valence-corrected chi connectivity index (χ2v) is 3.79. The van der Waals surface area contributed by atoms with Crippen LogP contribution in [0.25, 0.3) is 0 Å². The molecule has 96 valence electrons. The first-order valence-corrected chi connectivity index (χ1v) is 5.31. The van der Waals surface area contributed by atoms with Gasteiger partial charge in [0.15, 0.2) is 0 Å². The molecule has 1 N–H and O–H groups in total. The van der Waals surface area contributed by atoms with Gasteiger partial charge in [-0.15, -0.1) is 0 Å². The van der Waals surface area contributed by atoms with Crippen LogP contribution in [0.1, 0.15) is 45.4 Å². The first-order valence-electron chi connectivity index (χ1n) is 5.31. The van der Waals surface area contributed by atoms with Crippen LogP contribution in [0, 0.1) is 0 Å². The molecule has 5 nitrogen and oxygen atoms in total. The molecule has 0 atom stereocenters. The van der Waals surface area contributed by atoms with Gasteiger partial charge in [-0.2, -0.15) is 0 Å². The summed E-state index contributed by atoms with van der Waals surface area (Å²) in [5, 5.41) is 2.64. The van der Waals surface area contributed by atoms with Crippen molar-refractivity contribution in [3.63, 3.8) is 0 Å². The standard InChI is InChI=1S/C12H12N2O3.CH4/c1-3-13-10(15)7-4-5-8-9(6-7)12(17)14(2)11(8)16;/h4-6H,3H2,1-2H3,(H,13,15);1H4. The molecular weight excluding hydrogens is 232 g/mol. The van der Waals surface area contributed by atoms with Crippen molar-refractivity contribution in [2.75, 3.05) is 13.6 Å². The second kappa shape index (κ2) is 5.00. The van der Waals surface area contributed by atoms with Crippen LogP contribution in [0.15, 0.2) is 18.2 Å². The van der Waals surface area contributed by atoms with Crippen LogP contribution < -0.4 is 5.32 Å². The van der Waals surface area contributed by atoms with Gasteiger partial charge in [-0.1, -0.05) is 7.43 Å². The first-order chi connectivity index (χ1) is 8.06. The zero-order chi connectivity index (χ0) is 12.6. The van der Waals surface area contributed by atoms with E-state index in [-0.39, 0.29) is 25.1 Å². The van der Waals surface area contributed by atoms with Crippen LogP contribution in [-0.4, -0.2) is 36.2 Å². The third-order valence-corrected chi connectivity index (χ3v) is 2.69. The molecule has 1 aliphatic rings. The maximum absolute atomic E-state index is 11.7. The molecule has 0 bridgehead atoms. The van der Waals surface area contributed by atoms with Gasteiger partial charge in [0.25, 0.3) is 17.7 Å². The molecule has 0 saturated carbocycles. The van der Waals surface area contributed by atoms with Gasteiger partial charge in [-0.3, -0.25) is 19.3 Å². The Balaban J connectivity index is 0.00000162. The minimum absolute atomic E-state index is 0. The Labute approximate surface area is 106 Å². The summed E-state index contributed by atoms with van der Waals surface area (Å²) in [5.74, 6) is -0.936. The number of rotatable bonds is 2. The largest absolute Gasteiger partial charge is 0.352 e. The normalized spacial score (nSPS) is 13.1. The summed E-state index contributed by atoms with van der Waals surface area (Å²) < 4.78 is 0. The topological polar surface area (TPSA) is 66.5 Å². The highest BCUT2D eigenvalue weighted by molar-refractivity contribution is 6.21.